The second-order valence-corrected chi connectivity index (χ2v) is 6.43. The Morgan fingerprint density at radius 3 is 2.65 bits per heavy atom. The molecule has 0 spiro atoms. The summed E-state index contributed by atoms with van der Waals surface area (Å²) in [4.78, 5) is 13.2. The summed E-state index contributed by atoms with van der Waals surface area (Å²) in [5.74, 6) is -0.188. The Bertz CT molecular complexity index is 305. The molecule has 2 fully saturated rings. The van der Waals surface area contributed by atoms with Crippen molar-refractivity contribution < 1.29 is 9.90 Å². The summed E-state index contributed by atoms with van der Waals surface area (Å²) in [5, 5.41) is 12.7. The first-order valence-corrected chi connectivity index (χ1v) is 8.07. The standard InChI is InChI=1S/C15H29N3O2/c16-7-8-18-10-12(5-6-15(19)20)9-14(11-18)17-13-3-1-2-4-13/h12-14,17H,1-11,16H2,(H,19,20). The molecule has 116 valence electrons. The lowest BCUT2D eigenvalue weighted by atomic mass is 9.90. The SMILES string of the molecule is NCCN1CC(CCC(=O)O)CC(NC2CCCC2)C1. The van der Waals surface area contributed by atoms with Crippen LogP contribution in [0.3, 0.4) is 0 Å². The molecular weight excluding hydrogens is 254 g/mol. The third-order valence-electron chi connectivity index (χ3n) is 4.65. The summed E-state index contributed by atoms with van der Waals surface area (Å²) in [6.45, 7) is 3.68. The normalized spacial score (nSPS) is 28.9. The number of nitrogens with zero attached hydrogens (tertiary/aromatic N) is 1. The number of nitrogens with two attached hydrogens (primary N) is 1. The molecule has 0 amide bonds. The Kier molecular flexibility index (Phi) is 6.26. The lowest BCUT2D eigenvalue weighted by molar-refractivity contribution is -0.137. The number of aliphatic carboxylic acids is 1. The molecule has 2 aliphatic rings. The lowest BCUT2D eigenvalue weighted by Gasteiger charge is -2.39. The van der Waals surface area contributed by atoms with E-state index in [4.69, 9.17) is 10.8 Å². The molecule has 0 radical (unpaired) electrons. The predicted molar refractivity (Wildman–Crippen MR) is 79.7 cm³/mol. The average Bonchev–Trinajstić information content (AvgIpc) is 2.89. The maximum absolute atomic E-state index is 10.8. The van der Waals surface area contributed by atoms with Crippen molar-refractivity contribution in [2.75, 3.05) is 26.2 Å². The van der Waals surface area contributed by atoms with Crippen LogP contribution in [0.15, 0.2) is 0 Å². The molecule has 0 bridgehead atoms. The first-order chi connectivity index (χ1) is 9.67. The van der Waals surface area contributed by atoms with Gasteiger partial charge in [0.05, 0.1) is 0 Å². The molecular formula is C15H29N3O2. The van der Waals surface area contributed by atoms with Gasteiger partial charge in [0.1, 0.15) is 0 Å². The quantitative estimate of drug-likeness (QED) is 0.650. The molecule has 1 saturated carbocycles. The summed E-state index contributed by atoms with van der Waals surface area (Å²) >= 11 is 0. The summed E-state index contributed by atoms with van der Waals surface area (Å²) in [6, 6.07) is 1.19. The second-order valence-electron chi connectivity index (χ2n) is 6.43. The molecule has 1 aliphatic carbocycles. The number of hydrogen-bond donors (Lipinski definition) is 3. The zero-order chi connectivity index (χ0) is 14.4. The van der Waals surface area contributed by atoms with Crippen LogP contribution in [0.1, 0.15) is 44.9 Å². The molecule has 2 rings (SSSR count). The van der Waals surface area contributed by atoms with Crippen LogP contribution in [-0.2, 0) is 4.79 Å². The summed E-state index contributed by atoms with van der Waals surface area (Å²) in [7, 11) is 0. The van der Waals surface area contributed by atoms with Crippen molar-refractivity contribution in [3.8, 4) is 0 Å². The van der Waals surface area contributed by atoms with Gasteiger partial charge in [-0.1, -0.05) is 12.8 Å². The van der Waals surface area contributed by atoms with Gasteiger partial charge in [0.2, 0.25) is 0 Å². The van der Waals surface area contributed by atoms with Gasteiger partial charge in [0.15, 0.2) is 0 Å². The van der Waals surface area contributed by atoms with E-state index >= 15 is 0 Å². The molecule has 1 aliphatic heterocycles. The minimum atomic E-state index is -0.679. The third kappa shape index (κ3) is 5.04. The second kappa shape index (κ2) is 7.96. The molecule has 2 unspecified atom stereocenters. The van der Waals surface area contributed by atoms with E-state index in [0.717, 1.165) is 32.5 Å². The van der Waals surface area contributed by atoms with E-state index in [1.54, 1.807) is 0 Å². The van der Waals surface area contributed by atoms with Gasteiger partial charge < -0.3 is 21.1 Å². The van der Waals surface area contributed by atoms with E-state index in [1.807, 2.05) is 0 Å². The maximum Gasteiger partial charge on any atom is 0.303 e. The number of carboxylic acids is 1. The molecule has 0 aromatic heterocycles. The van der Waals surface area contributed by atoms with E-state index in [0.29, 0.717) is 24.5 Å². The number of hydrogen-bond acceptors (Lipinski definition) is 4. The van der Waals surface area contributed by atoms with Gasteiger partial charge in [-0.25, -0.2) is 0 Å². The molecule has 0 aromatic carbocycles. The summed E-state index contributed by atoms with van der Waals surface area (Å²) in [5.41, 5.74) is 5.68. The minimum Gasteiger partial charge on any atom is -0.481 e. The van der Waals surface area contributed by atoms with Crippen LogP contribution in [0.4, 0.5) is 0 Å². The average molecular weight is 283 g/mol. The van der Waals surface area contributed by atoms with Crippen molar-refractivity contribution in [2.24, 2.45) is 11.7 Å². The number of carboxylic acid groups (broad SMARTS) is 1. The van der Waals surface area contributed by atoms with Crippen LogP contribution in [0.2, 0.25) is 0 Å². The van der Waals surface area contributed by atoms with Crippen LogP contribution in [0.25, 0.3) is 0 Å². The number of nitrogens with one attached hydrogen (secondary N) is 1. The fourth-order valence-corrected chi connectivity index (χ4v) is 3.75. The number of rotatable bonds is 7. The van der Waals surface area contributed by atoms with E-state index in [9.17, 15) is 4.79 Å². The Labute approximate surface area is 121 Å². The van der Waals surface area contributed by atoms with Crippen molar-refractivity contribution >= 4 is 5.97 Å². The van der Waals surface area contributed by atoms with Crippen molar-refractivity contribution in [1.82, 2.24) is 10.2 Å². The van der Waals surface area contributed by atoms with Gasteiger partial charge in [0, 0.05) is 44.7 Å². The highest BCUT2D eigenvalue weighted by atomic mass is 16.4. The van der Waals surface area contributed by atoms with Crippen LogP contribution in [0.5, 0.6) is 0 Å². The third-order valence-corrected chi connectivity index (χ3v) is 4.65. The molecule has 2 atom stereocenters. The van der Waals surface area contributed by atoms with E-state index in [2.05, 4.69) is 10.2 Å². The van der Waals surface area contributed by atoms with Crippen LogP contribution in [0, 0.1) is 5.92 Å². The van der Waals surface area contributed by atoms with Gasteiger partial charge in [-0.2, -0.15) is 0 Å². The molecule has 1 saturated heterocycles. The van der Waals surface area contributed by atoms with Crippen LogP contribution < -0.4 is 11.1 Å². The fourth-order valence-electron chi connectivity index (χ4n) is 3.75. The highest BCUT2D eigenvalue weighted by molar-refractivity contribution is 5.66. The van der Waals surface area contributed by atoms with E-state index < -0.39 is 5.97 Å². The monoisotopic (exact) mass is 283 g/mol. The predicted octanol–water partition coefficient (Wildman–Crippen LogP) is 1.03. The van der Waals surface area contributed by atoms with Crippen molar-refractivity contribution in [2.45, 2.75) is 57.0 Å². The van der Waals surface area contributed by atoms with Crippen LogP contribution in [-0.4, -0.2) is 54.2 Å². The zero-order valence-corrected chi connectivity index (χ0v) is 12.4. The Hall–Kier alpha value is -0.650. The number of likely N-dealkylation sites (tertiary alicyclic amines) is 1. The van der Waals surface area contributed by atoms with Crippen LogP contribution >= 0.6 is 0 Å². The highest BCUT2D eigenvalue weighted by Crippen LogP contribution is 2.24. The Morgan fingerprint density at radius 1 is 1.25 bits per heavy atom. The number of piperidine rings is 1. The zero-order valence-electron chi connectivity index (χ0n) is 12.4. The molecule has 0 aromatic rings. The van der Waals surface area contributed by atoms with Gasteiger partial charge in [-0.15, -0.1) is 0 Å². The molecule has 4 N–H and O–H groups in total. The topological polar surface area (TPSA) is 78.6 Å². The van der Waals surface area contributed by atoms with Gasteiger partial charge in [-0.3, -0.25) is 4.79 Å². The van der Waals surface area contributed by atoms with E-state index in [1.165, 1.54) is 25.7 Å². The lowest BCUT2D eigenvalue weighted by Crippen LogP contribution is -2.52. The van der Waals surface area contributed by atoms with Gasteiger partial charge in [0.25, 0.3) is 0 Å². The van der Waals surface area contributed by atoms with Crippen molar-refractivity contribution in [3.05, 3.63) is 0 Å². The molecule has 5 heteroatoms. The smallest absolute Gasteiger partial charge is 0.303 e. The molecule has 20 heavy (non-hydrogen) atoms. The Morgan fingerprint density at radius 2 is 2.00 bits per heavy atom. The first-order valence-electron chi connectivity index (χ1n) is 8.07. The summed E-state index contributed by atoms with van der Waals surface area (Å²) in [6.07, 6.45) is 7.49. The molecule has 5 nitrogen and oxygen atoms in total. The first kappa shape index (κ1) is 15.7. The summed E-state index contributed by atoms with van der Waals surface area (Å²) < 4.78 is 0. The Balaban J connectivity index is 1.83. The maximum atomic E-state index is 10.8. The number of carbonyl (C=O) groups is 1. The minimum absolute atomic E-state index is 0.289. The van der Waals surface area contributed by atoms with E-state index in [-0.39, 0.29) is 6.42 Å². The highest BCUT2D eigenvalue weighted by Gasteiger charge is 2.29. The fraction of sp³-hybridized carbons (Fsp3) is 0.933. The van der Waals surface area contributed by atoms with Gasteiger partial charge in [-0.05, 0) is 31.6 Å². The van der Waals surface area contributed by atoms with Gasteiger partial charge >= 0.3 is 5.97 Å². The largest absolute Gasteiger partial charge is 0.481 e. The molecule has 1 heterocycles. The van der Waals surface area contributed by atoms with Crippen molar-refractivity contribution in [3.63, 3.8) is 0 Å². The van der Waals surface area contributed by atoms with Crippen molar-refractivity contribution in [1.29, 1.82) is 0 Å².